The van der Waals surface area contributed by atoms with Gasteiger partial charge < -0.3 is 49.1 Å². The van der Waals surface area contributed by atoms with Gasteiger partial charge in [0, 0.05) is 43.6 Å². The van der Waals surface area contributed by atoms with E-state index in [0.29, 0.717) is 6.42 Å². The highest BCUT2D eigenvalue weighted by Crippen LogP contribution is 2.43. The number of Topliss-reactive ketones (excluding diaryl/α,β-unsaturated/α-hetero) is 1. The van der Waals surface area contributed by atoms with Gasteiger partial charge in [-0.2, -0.15) is 0 Å². The summed E-state index contributed by atoms with van der Waals surface area (Å²) in [6.07, 6.45) is -4.29. The van der Waals surface area contributed by atoms with Gasteiger partial charge in [0.1, 0.15) is 24.7 Å². The van der Waals surface area contributed by atoms with Crippen LogP contribution in [-0.2, 0) is 49.4 Å². The molecule has 1 amide bonds. The predicted octanol–water partition coefficient (Wildman–Crippen LogP) is 4.08. The Balaban J connectivity index is 1.79. The summed E-state index contributed by atoms with van der Waals surface area (Å²) in [7, 11) is 5.23. The van der Waals surface area contributed by atoms with Crippen molar-refractivity contribution in [1.82, 2.24) is 9.80 Å². The van der Waals surface area contributed by atoms with Crippen molar-refractivity contribution in [2.24, 2.45) is 29.4 Å². The highest BCUT2D eigenvalue weighted by Gasteiger charge is 2.57. The van der Waals surface area contributed by atoms with Crippen LogP contribution in [0.2, 0.25) is 0 Å². The molecule has 3 aliphatic heterocycles. The smallest absolute Gasteiger partial charge is 0.410 e. The van der Waals surface area contributed by atoms with Crippen molar-refractivity contribution in [3.63, 3.8) is 0 Å². The van der Waals surface area contributed by atoms with Crippen molar-refractivity contribution >= 4 is 23.8 Å². The number of amides is 1. The maximum atomic E-state index is 14.4. The maximum Gasteiger partial charge on any atom is 0.410 e. The molecular weight excluding hydrogens is 710 g/mol. The molecule has 14 heteroatoms. The van der Waals surface area contributed by atoms with Crippen LogP contribution in [-0.4, -0.2) is 127 Å². The number of nitrogens with two attached hydrogens (primary N) is 1. The Morgan fingerprint density at radius 1 is 1.11 bits per heavy atom. The Bertz CT molecular complexity index is 1480. The van der Waals surface area contributed by atoms with Gasteiger partial charge in [-0.05, 0) is 79.5 Å². The lowest BCUT2D eigenvalue weighted by molar-refractivity contribution is -0.299. The third kappa shape index (κ3) is 9.88. The summed E-state index contributed by atoms with van der Waals surface area (Å²) in [4.78, 5) is 59.0. The highest BCUT2D eigenvalue weighted by molar-refractivity contribution is 6.00. The van der Waals surface area contributed by atoms with Crippen molar-refractivity contribution in [1.29, 1.82) is 0 Å². The molecule has 3 fully saturated rings. The standard InChI is InChI=1S/C41H65N3O11/c1-12-32-41(8)29(18-33(45)55-41)27(6)44(39(49)51-22-28-16-14-13-15-17-28)21-23(2)20-40(7,50-11)36(24(3)34(46)25(4)37(48)53-32)54-38-35(47)30(43(9)10)19-31(52-38)26(5)42/h13-17,23-27,29-32,35-36,38,47H,12,18-22,42H2,1-11H3/t23-,24+,25?,26?,27-,29-,30?,31+,32-,35-,36-,38+,40-,41+/m1/s1. The van der Waals surface area contributed by atoms with Gasteiger partial charge in [-0.25, -0.2) is 4.79 Å². The lowest BCUT2D eigenvalue weighted by atomic mass is 9.77. The number of cyclic esters (lactones) is 1. The number of rotatable bonds is 8. The number of esters is 2. The average Bonchev–Trinajstić information content (AvgIpc) is 3.46. The molecule has 14 nitrogen and oxygen atoms in total. The van der Waals surface area contributed by atoms with Crippen LogP contribution < -0.4 is 5.73 Å². The maximum absolute atomic E-state index is 14.4. The highest BCUT2D eigenvalue weighted by atomic mass is 16.7. The number of hydrogen-bond acceptors (Lipinski definition) is 13. The second-order valence-electron chi connectivity index (χ2n) is 16.7. The number of carbonyl (C=O) groups excluding carboxylic acids is 4. The van der Waals surface area contributed by atoms with E-state index in [0.717, 1.165) is 5.56 Å². The molecule has 3 N–H and O–H groups in total. The molecule has 4 rings (SSSR count). The lowest BCUT2D eigenvalue weighted by Gasteiger charge is -2.47. The number of likely N-dealkylation sites (N-methyl/N-ethyl adjacent to an activating group) is 1. The fraction of sp³-hybridized carbons (Fsp3) is 0.756. The SMILES string of the molecule is CC[C@H]1OC(=O)C(C)C(=O)[C@H](C)[C@@H](O[C@@H]2O[C@H](C(C)N)CC(N(C)C)[C@H]2O)[C@](C)(OC)C[C@@H](C)CN(C(=O)OCc2ccccc2)[C@H](C)[C@H]2CC(=O)O[C@@]21C. The molecule has 0 saturated carbocycles. The van der Waals surface area contributed by atoms with Gasteiger partial charge in [-0.15, -0.1) is 0 Å². The summed E-state index contributed by atoms with van der Waals surface area (Å²) < 4.78 is 37.2. The van der Waals surface area contributed by atoms with Gasteiger partial charge in [0.2, 0.25) is 0 Å². The van der Waals surface area contributed by atoms with E-state index in [-0.39, 0.29) is 50.4 Å². The summed E-state index contributed by atoms with van der Waals surface area (Å²) in [5.74, 6) is -4.78. The number of ether oxygens (including phenoxy) is 6. The molecule has 55 heavy (non-hydrogen) atoms. The van der Waals surface area contributed by atoms with Crippen LogP contribution in [0, 0.1) is 23.7 Å². The first-order valence-corrected chi connectivity index (χ1v) is 19.7. The molecule has 0 radical (unpaired) electrons. The molecule has 1 aromatic rings. The van der Waals surface area contributed by atoms with Crippen molar-refractivity contribution < 1.29 is 52.7 Å². The van der Waals surface area contributed by atoms with Crippen LogP contribution in [0.3, 0.4) is 0 Å². The minimum absolute atomic E-state index is 0.0140. The number of hydrogen-bond donors (Lipinski definition) is 2. The predicted molar refractivity (Wildman–Crippen MR) is 203 cm³/mol. The second-order valence-corrected chi connectivity index (χ2v) is 16.7. The van der Waals surface area contributed by atoms with Gasteiger partial charge in [0.05, 0.1) is 24.2 Å². The molecule has 0 bridgehead atoms. The summed E-state index contributed by atoms with van der Waals surface area (Å²) in [6, 6.07) is 7.99. The van der Waals surface area contributed by atoms with Gasteiger partial charge in [-0.1, -0.05) is 51.1 Å². The van der Waals surface area contributed by atoms with E-state index in [1.165, 1.54) is 14.0 Å². The Kier molecular flexibility index (Phi) is 14.9. The van der Waals surface area contributed by atoms with Crippen LogP contribution in [0.5, 0.6) is 0 Å². The third-order valence-electron chi connectivity index (χ3n) is 12.2. The quantitative estimate of drug-likeness (QED) is 0.220. The van der Waals surface area contributed by atoms with Crippen molar-refractivity contribution in [3.8, 4) is 0 Å². The molecule has 3 heterocycles. The molecular formula is C41H65N3O11. The summed E-state index contributed by atoms with van der Waals surface area (Å²) >= 11 is 0. The molecule has 3 saturated heterocycles. The number of ketones is 1. The zero-order valence-electron chi connectivity index (χ0n) is 34.6. The molecule has 14 atom stereocenters. The Morgan fingerprint density at radius 2 is 1.76 bits per heavy atom. The molecule has 0 spiro atoms. The van der Waals surface area contributed by atoms with E-state index >= 15 is 0 Å². The molecule has 3 aliphatic rings. The zero-order chi connectivity index (χ0) is 41.0. The monoisotopic (exact) mass is 775 g/mol. The van der Waals surface area contributed by atoms with Gasteiger partial charge in [-0.3, -0.25) is 14.4 Å². The summed E-state index contributed by atoms with van der Waals surface area (Å²) in [5, 5.41) is 11.6. The molecule has 3 unspecified atom stereocenters. The van der Waals surface area contributed by atoms with E-state index in [4.69, 9.17) is 34.2 Å². The first kappa shape index (κ1) is 44.6. The molecule has 0 aromatic heterocycles. The van der Waals surface area contributed by atoms with Crippen molar-refractivity contribution in [2.45, 2.75) is 148 Å². The van der Waals surface area contributed by atoms with Crippen LogP contribution in [0.25, 0.3) is 0 Å². The van der Waals surface area contributed by atoms with E-state index in [2.05, 4.69) is 0 Å². The van der Waals surface area contributed by atoms with Crippen LogP contribution >= 0.6 is 0 Å². The molecule has 310 valence electrons. The molecule has 1 aromatic carbocycles. The Morgan fingerprint density at radius 3 is 2.35 bits per heavy atom. The van der Waals surface area contributed by atoms with E-state index in [9.17, 15) is 24.3 Å². The second kappa shape index (κ2) is 18.4. The number of carbonyl (C=O) groups is 4. The van der Waals surface area contributed by atoms with E-state index < -0.39 is 89.5 Å². The first-order chi connectivity index (χ1) is 25.8. The fourth-order valence-electron chi connectivity index (χ4n) is 8.81. The first-order valence-electron chi connectivity index (χ1n) is 19.7. The summed E-state index contributed by atoms with van der Waals surface area (Å²) in [5.41, 5.74) is 4.59. The van der Waals surface area contributed by atoms with E-state index in [1.807, 2.05) is 83.9 Å². The van der Waals surface area contributed by atoms with Crippen molar-refractivity contribution in [3.05, 3.63) is 35.9 Å². The number of fused-ring (bicyclic) bond motifs is 1. The van der Waals surface area contributed by atoms with Crippen LogP contribution in [0.15, 0.2) is 30.3 Å². The van der Waals surface area contributed by atoms with Gasteiger partial charge in [0.15, 0.2) is 17.7 Å². The Labute approximate surface area is 326 Å². The average molecular weight is 776 g/mol. The largest absolute Gasteiger partial charge is 0.458 e. The van der Waals surface area contributed by atoms with Gasteiger partial charge in [0.25, 0.3) is 0 Å². The lowest BCUT2D eigenvalue weighted by Crippen LogP contribution is -2.61. The van der Waals surface area contributed by atoms with E-state index in [1.54, 1.807) is 18.7 Å². The fourth-order valence-corrected chi connectivity index (χ4v) is 8.81. The van der Waals surface area contributed by atoms with Gasteiger partial charge >= 0.3 is 18.0 Å². The number of aliphatic hydroxyl groups excluding tert-OH is 1. The van der Waals surface area contributed by atoms with Crippen molar-refractivity contribution in [2.75, 3.05) is 27.7 Å². The topological polar surface area (TPSA) is 176 Å². The number of aliphatic hydroxyl groups is 1. The zero-order valence-corrected chi connectivity index (χ0v) is 34.6. The normalized spacial score (nSPS) is 38.7. The van der Waals surface area contributed by atoms with Crippen LogP contribution in [0.1, 0.15) is 86.6 Å². The molecule has 0 aliphatic carbocycles. The number of nitrogens with zero attached hydrogens (tertiary/aromatic N) is 2. The van der Waals surface area contributed by atoms with Crippen LogP contribution in [0.4, 0.5) is 4.79 Å². The summed E-state index contributed by atoms with van der Waals surface area (Å²) in [6.45, 7) is 14.4. The third-order valence-corrected chi connectivity index (χ3v) is 12.2. The number of methoxy groups -OCH3 is 1. The minimum Gasteiger partial charge on any atom is -0.458 e. The Hall–Kier alpha value is -3.14. The minimum atomic E-state index is -1.31. The number of benzene rings is 1.